The maximum absolute atomic E-state index is 8.39. The average Bonchev–Trinajstić information content (AvgIpc) is 2.56. The Morgan fingerprint density at radius 1 is 1.42 bits per heavy atom. The van der Waals surface area contributed by atoms with Gasteiger partial charge in [-0.1, -0.05) is 32.6 Å². The summed E-state index contributed by atoms with van der Waals surface area (Å²) in [4.78, 5) is 0. The largest absolute Gasteiger partial charge is 0.198 e. The van der Waals surface area contributed by atoms with Crippen molar-refractivity contribution in [2.45, 2.75) is 51.9 Å². The molecule has 0 aromatic carbocycles. The van der Waals surface area contributed by atoms with Gasteiger partial charge in [0.15, 0.2) is 0 Å². The normalized spacial score (nSPS) is 20.7. The molecule has 1 rings (SSSR count). The molecule has 1 heteroatoms. The van der Waals surface area contributed by atoms with Crippen LogP contribution in [0.1, 0.15) is 51.9 Å². The summed E-state index contributed by atoms with van der Waals surface area (Å²) in [6.45, 7) is 2.35. The highest BCUT2D eigenvalue weighted by atomic mass is 14.3. The minimum atomic E-state index is 0.747. The molecule has 0 N–H and O–H groups in total. The molecule has 1 fully saturated rings. The van der Waals surface area contributed by atoms with Crippen LogP contribution in [0.2, 0.25) is 0 Å². The molecule has 0 spiro atoms. The summed E-state index contributed by atoms with van der Waals surface area (Å²) in [5, 5.41) is 8.39. The Balaban J connectivity index is 2.10. The third kappa shape index (κ3) is 2.85. The fourth-order valence-corrected chi connectivity index (χ4v) is 2.27. The zero-order valence-electron chi connectivity index (χ0n) is 8.05. The minimum absolute atomic E-state index is 0.747. The third-order valence-electron chi connectivity index (χ3n) is 3.15. The summed E-state index contributed by atoms with van der Waals surface area (Å²) in [6.07, 6.45) is 8.87. The lowest BCUT2D eigenvalue weighted by atomic mass is 9.88. The van der Waals surface area contributed by atoms with Crippen LogP contribution in [0.15, 0.2) is 0 Å². The Morgan fingerprint density at radius 3 is 2.67 bits per heavy atom. The molecule has 1 aliphatic rings. The zero-order valence-corrected chi connectivity index (χ0v) is 8.05. The van der Waals surface area contributed by atoms with Gasteiger partial charge in [0.25, 0.3) is 0 Å². The Bertz CT molecular complexity index is 151. The monoisotopic (exact) mass is 165 g/mol. The van der Waals surface area contributed by atoms with Crippen LogP contribution in [0, 0.1) is 23.2 Å². The average molecular weight is 165 g/mol. The summed E-state index contributed by atoms with van der Waals surface area (Å²) in [5.41, 5.74) is 0. The number of rotatable bonds is 4. The Labute approximate surface area is 75.8 Å². The topological polar surface area (TPSA) is 23.8 Å². The van der Waals surface area contributed by atoms with E-state index in [0.717, 1.165) is 24.7 Å². The predicted octanol–water partition coefficient (Wildman–Crippen LogP) is 3.51. The minimum Gasteiger partial charge on any atom is -0.198 e. The van der Waals surface area contributed by atoms with E-state index in [1.807, 2.05) is 0 Å². The number of nitriles is 1. The molecule has 0 aromatic rings. The van der Waals surface area contributed by atoms with Gasteiger partial charge in [0, 0.05) is 6.42 Å². The lowest BCUT2D eigenvalue weighted by molar-refractivity contribution is 0.340. The molecule has 0 radical (unpaired) electrons. The van der Waals surface area contributed by atoms with Gasteiger partial charge in [0.1, 0.15) is 0 Å². The summed E-state index contributed by atoms with van der Waals surface area (Å²) >= 11 is 0. The summed E-state index contributed by atoms with van der Waals surface area (Å²) in [7, 11) is 0. The van der Waals surface area contributed by atoms with Crippen LogP contribution in [0.25, 0.3) is 0 Å². The van der Waals surface area contributed by atoms with Crippen molar-refractivity contribution in [3.63, 3.8) is 0 Å². The lowest BCUT2D eigenvalue weighted by Crippen LogP contribution is -2.07. The van der Waals surface area contributed by atoms with Crippen molar-refractivity contribution in [2.75, 3.05) is 0 Å². The summed E-state index contributed by atoms with van der Waals surface area (Å²) in [5.74, 6) is 1.84. The van der Waals surface area contributed by atoms with Crippen LogP contribution in [-0.2, 0) is 0 Å². The van der Waals surface area contributed by atoms with Gasteiger partial charge in [0.05, 0.1) is 6.07 Å². The zero-order chi connectivity index (χ0) is 8.81. The molecular weight excluding hydrogens is 146 g/mol. The molecule has 0 bridgehead atoms. The summed E-state index contributed by atoms with van der Waals surface area (Å²) in [6, 6.07) is 2.21. The second kappa shape index (κ2) is 5.19. The lowest BCUT2D eigenvalue weighted by Gasteiger charge is -2.17. The van der Waals surface area contributed by atoms with Gasteiger partial charge in [0.2, 0.25) is 0 Å². The van der Waals surface area contributed by atoms with Gasteiger partial charge in [-0.15, -0.1) is 0 Å². The maximum atomic E-state index is 8.39. The molecule has 1 atom stereocenters. The van der Waals surface area contributed by atoms with Gasteiger partial charge < -0.3 is 0 Å². The molecule has 1 nitrogen and oxygen atoms in total. The van der Waals surface area contributed by atoms with Gasteiger partial charge in [-0.3, -0.25) is 0 Å². The number of nitrogens with zero attached hydrogens (tertiary/aromatic N) is 1. The molecule has 0 aliphatic heterocycles. The van der Waals surface area contributed by atoms with Crippen LogP contribution in [0.5, 0.6) is 0 Å². The van der Waals surface area contributed by atoms with E-state index in [-0.39, 0.29) is 0 Å². The van der Waals surface area contributed by atoms with Crippen molar-refractivity contribution in [3.05, 3.63) is 0 Å². The molecule has 1 unspecified atom stereocenters. The van der Waals surface area contributed by atoms with Crippen molar-refractivity contribution in [1.29, 1.82) is 5.26 Å². The van der Waals surface area contributed by atoms with Crippen molar-refractivity contribution in [3.8, 4) is 6.07 Å². The highest BCUT2D eigenvalue weighted by molar-refractivity contribution is 4.75. The second-order valence-corrected chi connectivity index (χ2v) is 4.07. The number of hydrogen-bond acceptors (Lipinski definition) is 1. The number of hydrogen-bond donors (Lipinski definition) is 0. The molecule has 0 amide bonds. The first kappa shape index (κ1) is 9.58. The fraction of sp³-hybridized carbons (Fsp3) is 0.909. The Morgan fingerprint density at radius 2 is 2.08 bits per heavy atom. The second-order valence-electron chi connectivity index (χ2n) is 4.07. The van der Waals surface area contributed by atoms with Crippen molar-refractivity contribution in [2.24, 2.45) is 11.8 Å². The van der Waals surface area contributed by atoms with Crippen LogP contribution in [-0.4, -0.2) is 0 Å². The predicted molar refractivity (Wildman–Crippen MR) is 50.6 cm³/mol. The van der Waals surface area contributed by atoms with Crippen molar-refractivity contribution < 1.29 is 0 Å². The molecule has 12 heavy (non-hydrogen) atoms. The van der Waals surface area contributed by atoms with Gasteiger partial charge in [-0.25, -0.2) is 0 Å². The first-order valence-electron chi connectivity index (χ1n) is 5.21. The SMILES string of the molecule is CC(CCCC#N)C1CCCC1. The maximum Gasteiger partial charge on any atom is 0.0621 e. The van der Waals surface area contributed by atoms with Crippen molar-refractivity contribution in [1.82, 2.24) is 0 Å². The van der Waals surface area contributed by atoms with E-state index in [9.17, 15) is 0 Å². The van der Waals surface area contributed by atoms with Crippen LogP contribution in [0.3, 0.4) is 0 Å². The first-order valence-corrected chi connectivity index (χ1v) is 5.21. The highest BCUT2D eigenvalue weighted by Gasteiger charge is 2.20. The van der Waals surface area contributed by atoms with Crippen LogP contribution in [0.4, 0.5) is 0 Å². The van der Waals surface area contributed by atoms with E-state index in [0.29, 0.717) is 0 Å². The molecule has 0 aromatic heterocycles. The van der Waals surface area contributed by atoms with Crippen LogP contribution < -0.4 is 0 Å². The van der Waals surface area contributed by atoms with E-state index in [1.165, 1.54) is 32.1 Å². The van der Waals surface area contributed by atoms with E-state index in [2.05, 4.69) is 13.0 Å². The van der Waals surface area contributed by atoms with Gasteiger partial charge >= 0.3 is 0 Å². The number of unbranched alkanes of at least 4 members (excludes halogenated alkanes) is 1. The Hall–Kier alpha value is -0.510. The van der Waals surface area contributed by atoms with E-state index >= 15 is 0 Å². The van der Waals surface area contributed by atoms with Gasteiger partial charge in [-0.2, -0.15) is 5.26 Å². The highest BCUT2D eigenvalue weighted by Crippen LogP contribution is 2.33. The smallest absolute Gasteiger partial charge is 0.0621 e. The standard InChI is InChI=1S/C11H19N/c1-10(6-4-5-9-12)11-7-2-3-8-11/h10-11H,2-8H2,1H3. The van der Waals surface area contributed by atoms with Gasteiger partial charge in [-0.05, 0) is 24.7 Å². The molecule has 1 saturated carbocycles. The first-order chi connectivity index (χ1) is 5.84. The van der Waals surface area contributed by atoms with Crippen LogP contribution >= 0.6 is 0 Å². The fourth-order valence-electron chi connectivity index (χ4n) is 2.27. The summed E-state index contributed by atoms with van der Waals surface area (Å²) < 4.78 is 0. The van der Waals surface area contributed by atoms with Crippen molar-refractivity contribution >= 4 is 0 Å². The van der Waals surface area contributed by atoms with E-state index < -0.39 is 0 Å². The van der Waals surface area contributed by atoms with E-state index in [4.69, 9.17) is 5.26 Å². The van der Waals surface area contributed by atoms with E-state index in [1.54, 1.807) is 0 Å². The molecule has 0 saturated heterocycles. The molecule has 1 aliphatic carbocycles. The molecule has 68 valence electrons. The molecular formula is C11H19N. The quantitative estimate of drug-likeness (QED) is 0.585. The Kier molecular flexibility index (Phi) is 4.14. The third-order valence-corrected chi connectivity index (χ3v) is 3.15. The molecule has 0 heterocycles.